The molecule has 0 saturated carbocycles. The second-order valence-electron chi connectivity index (χ2n) is 3.49. The van der Waals surface area contributed by atoms with E-state index in [2.05, 4.69) is 8.37 Å². The van der Waals surface area contributed by atoms with Crippen LogP contribution in [0.2, 0.25) is 0 Å². The largest absolute Gasteiger partial charge is 0.269 e. The highest BCUT2D eigenvalue weighted by molar-refractivity contribution is 7.91. The molecule has 0 aromatic rings. The van der Waals surface area contributed by atoms with Crippen molar-refractivity contribution in [3.8, 4) is 0 Å². The summed E-state index contributed by atoms with van der Waals surface area (Å²) in [5.74, 6) is -1.51. The number of hydrogen-bond acceptors (Lipinski definition) is 8. The van der Waals surface area contributed by atoms with E-state index in [1.54, 1.807) is 0 Å². The van der Waals surface area contributed by atoms with Crippen molar-refractivity contribution in [2.24, 2.45) is 0 Å². The molecule has 0 unspecified atom stereocenters. The first-order valence-corrected chi connectivity index (χ1v) is 10.5. The van der Waals surface area contributed by atoms with Crippen molar-refractivity contribution in [3.05, 3.63) is 0 Å². The van der Waals surface area contributed by atoms with Gasteiger partial charge < -0.3 is 0 Å². The Kier molecular flexibility index (Phi) is 7.43. The van der Waals surface area contributed by atoms with Gasteiger partial charge in [-0.1, -0.05) is 0 Å². The fourth-order valence-corrected chi connectivity index (χ4v) is 2.94. The Morgan fingerprint density at radius 2 is 1.00 bits per heavy atom. The maximum absolute atomic E-state index is 11.4. The van der Waals surface area contributed by atoms with Crippen LogP contribution in [0.5, 0.6) is 0 Å². The van der Waals surface area contributed by atoms with Gasteiger partial charge in [-0.05, 0) is 13.8 Å². The molecule has 8 nitrogen and oxygen atoms in total. The van der Waals surface area contributed by atoms with E-state index in [0.717, 1.165) is 0 Å². The zero-order valence-electron chi connectivity index (χ0n) is 10.7. The summed E-state index contributed by atoms with van der Waals surface area (Å²) >= 11 is 0. The zero-order chi connectivity index (χ0) is 15.2. The van der Waals surface area contributed by atoms with E-state index in [4.69, 9.17) is 0 Å². The Morgan fingerprint density at radius 3 is 1.26 bits per heavy atom. The Hall–Kier alpha value is -0.230. The van der Waals surface area contributed by atoms with Crippen LogP contribution in [0.4, 0.5) is 0 Å². The third-order valence-corrected chi connectivity index (χ3v) is 6.06. The van der Waals surface area contributed by atoms with Gasteiger partial charge in [0.2, 0.25) is 0 Å². The van der Waals surface area contributed by atoms with Crippen molar-refractivity contribution in [3.63, 3.8) is 0 Å². The molecule has 0 heterocycles. The van der Waals surface area contributed by atoms with Gasteiger partial charge in [-0.2, -0.15) is 16.8 Å². The van der Waals surface area contributed by atoms with Gasteiger partial charge in [0.25, 0.3) is 20.2 Å². The molecule has 116 valence electrons. The van der Waals surface area contributed by atoms with Crippen molar-refractivity contribution in [1.29, 1.82) is 0 Å². The SMILES string of the molecule is CCS(=O)(=O)OCCS(=O)(=O)CCOS(=O)(=O)CC. The van der Waals surface area contributed by atoms with Crippen LogP contribution in [-0.2, 0) is 38.4 Å². The van der Waals surface area contributed by atoms with Gasteiger partial charge in [-0.3, -0.25) is 8.37 Å². The van der Waals surface area contributed by atoms with E-state index >= 15 is 0 Å². The minimum absolute atomic E-state index is 0.245. The molecule has 0 aliphatic rings. The topological polar surface area (TPSA) is 121 Å². The molecule has 11 heteroatoms. The van der Waals surface area contributed by atoms with Crippen LogP contribution in [0.15, 0.2) is 0 Å². The third-order valence-electron chi connectivity index (χ3n) is 2.02. The summed E-state index contributed by atoms with van der Waals surface area (Å²) in [5, 5.41) is 0. The van der Waals surface area contributed by atoms with E-state index in [1.807, 2.05) is 0 Å². The molecule has 0 spiro atoms. The maximum Gasteiger partial charge on any atom is 0.267 e. The molecule has 0 aromatic carbocycles. The van der Waals surface area contributed by atoms with Gasteiger partial charge in [-0.25, -0.2) is 8.42 Å². The van der Waals surface area contributed by atoms with Gasteiger partial charge in [0.15, 0.2) is 9.84 Å². The van der Waals surface area contributed by atoms with Crippen LogP contribution in [0.25, 0.3) is 0 Å². The van der Waals surface area contributed by atoms with Crippen molar-refractivity contribution < 1.29 is 33.6 Å². The first-order chi connectivity index (χ1) is 8.54. The predicted molar refractivity (Wildman–Crippen MR) is 69.5 cm³/mol. The lowest BCUT2D eigenvalue weighted by molar-refractivity contribution is 0.334. The second kappa shape index (κ2) is 7.53. The van der Waals surface area contributed by atoms with Gasteiger partial charge in [0, 0.05) is 0 Å². The highest BCUT2D eigenvalue weighted by atomic mass is 32.2. The molecule has 0 aliphatic carbocycles. The summed E-state index contributed by atoms with van der Waals surface area (Å²) in [6, 6.07) is 0. The number of rotatable bonds is 10. The fourth-order valence-electron chi connectivity index (χ4n) is 0.845. The highest BCUT2D eigenvalue weighted by Crippen LogP contribution is 1.98. The molecule has 0 fully saturated rings. The Bertz CT molecular complexity index is 511. The summed E-state index contributed by atoms with van der Waals surface area (Å²) in [6.07, 6.45) is 0. The summed E-state index contributed by atoms with van der Waals surface area (Å²) < 4.78 is 75.5. The lowest BCUT2D eigenvalue weighted by Gasteiger charge is -2.06. The lowest BCUT2D eigenvalue weighted by atomic mass is 10.9. The molecule has 0 rings (SSSR count). The van der Waals surface area contributed by atoms with E-state index in [-0.39, 0.29) is 11.5 Å². The first-order valence-electron chi connectivity index (χ1n) is 5.48. The fraction of sp³-hybridized carbons (Fsp3) is 1.00. The number of hydrogen-bond donors (Lipinski definition) is 0. The van der Waals surface area contributed by atoms with E-state index in [0.29, 0.717) is 0 Å². The van der Waals surface area contributed by atoms with Gasteiger partial charge in [-0.15, -0.1) is 0 Å². The van der Waals surface area contributed by atoms with Crippen LogP contribution >= 0.6 is 0 Å². The van der Waals surface area contributed by atoms with Gasteiger partial charge in [0.1, 0.15) is 0 Å². The van der Waals surface area contributed by atoms with E-state index in [9.17, 15) is 25.3 Å². The summed E-state index contributed by atoms with van der Waals surface area (Å²) in [4.78, 5) is 0. The van der Waals surface area contributed by atoms with E-state index < -0.39 is 54.8 Å². The third kappa shape index (κ3) is 9.32. The van der Waals surface area contributed by atoms with Gasteiger partial charge in [0.05, 0.1) is 36.2 Å². The molecule has 0 bridgehead atoms. The smallest absolute Gasteiger partial charge is 0.267 e. The highest BCUT2D eigenvalue weighted by Gasteiger charge is 2.16. The Morgan fingerprint density at radius 1 is 0.684 bits per heavy atom. The zero-order valence-corrected chi connectivity index (χ0v) is 13.2. The van der Waals surface area contributed by atoms with Gasteiger partial charge >= 0.3 is 0 Å². The van der Waals surface area contributed by atoms with Crippen LogP contribution in [-0.4, -0.2) is 61.5 Å². The summed E-state index contributed by atoms with van der Waals surface area (Å²) in [6.45, 7) is 1.76. The molecule has 19 heavy (non-hydrogen) atoms. The van der Waals surface area contributed by atoms with Crippen LogP contribution < -0.4 is 0 Å². The minimum Gasteiger partial charge on any atom is -0.269 e. The number of sulfone groups is 1. The maximum atomic E-state index is 11.4. The molecule has 0 amide bonds. The van der Waals surface area contributed by atoms with Crippen molar-refractivity contribution >= 4 is 30.1 Å². The predicted octanol–water partition coefficient (Wildman–Crippen LogP) is -0.866. The van der Waals surface area contributed by atoms with Crippen LogP contribution in [0.3, 0.4) is 0 Å². The van der Waals surface area contributed by atoms with Crippen LogP contribution in [0.1, 0.15) is 13.8 Å². The van der Waals surface area contributed by atoms with Crippen molar-refractivity contribution in [1.82, 2.24) is 0 Å². The molecular weight excluding hydrogens is 320 g/mol. The first kappa shape index (κ1) is 18.8. The molecule has 0 N–H and O–H groups in total. The quantitative estimate of drug-likeness (QED) is 0.471. The van der Waals surface area contributed by atoms with Crippen LogP contribution in [0, 0.1) is 0 Å². The van der Waals surface area contributed by atoms with E-state index in [1.165, 1.54) is 13.8 Å². The van der Waals surface area contributed by atoms with Crippen molar-refractivity contribution in [2.45, 2.75) is 13.8 Å². The Balaban J connectivity index is 4.15. The lowest BCUT2D eigenvalue weighted by Crippen LogP contribution is -2.22. The monoisotopic (exact) mass is 338 g/mol. The Labute approximate surface area is 114 Å². The standard InChI is InChI=1S/C8H18O8S3/c1-3-18(11,12)15-5-7-17(9,10)8-6-16-19(13,14)4-2/h3-8H2,1-2H3. The van der Waals surface area contributed by atoms with Crippen molar-refractivity contribution in [2.75, 3.05) is 36.2 Å². The minimum atomic E-state index is -3.68. The molecule has 0 saturated heterocycles. The summed E-state index contributed by atoms with van der Waals surface area (Å²) in [5.41, 5.74) is 0. The average molecular weight is 338 g/mol. The molecular formula is C8H18O8S3. The molecule has 0 aliphatic heterocycles. The summed E-state index contributed by atoms with van der Waals surface area (Å²) in [7, 11) is -11.0. The molecule has 0 radical (unpaired) electrons. The molecule has 0 aromatic heterocycles. The average Bonchev–Trinajstić information content (AvgIpc) is 2.28. The normalized spacial score (nSPS) is 13.6. The second-order valence-corrected chi connectivity index (χ2v) is 9.65. The molecule has 0 atom stereocenters.